The van der Waals surface area contributed by atoms with Crippen molar-refractivity contribution in [3.63, 3.8) is 0 Å². The maximum Gasteiger partial charge on any atom is 0.191 e. The molecule has 134 valence electrons. The van der Waals surface area contributed by atoms with Crippen LogP contribution in [0.15, 0.2) is 41.5 Å². The molecule has 2 heterocycles. The molecule has 2 unspecified atom stereocenters. The molecule has 0 radical (unpaired) electrons. The van der Waals surface area contributed by atoms with Crippen molar-refractivity contribution in [1.82, 2.24) is 20.5 Å². The number of thiazole rings is 1. The topological polar surface area (TPSA) is 52.6 Å². The second kappa shape index (κ2) is 8.45. The summed E-state index contributed by atoms with van der Waals surface area (Å²) in [6.45, 7) is 7.23. The number of nitrogens with one attached hydrogen (secondary N) is 2. The van der Waals surface area contributed by atoms with Crippen LogP contribution in [0.4, 0.5) is 0 Å². The van der Waals surface area contributed by atoms with Crippen LogP contribution in [-0.2, 0) is 6.54 Å². The van der Waals surface area contributed by atoms with E-state index in [1.165, 1.54) is 10.4 Å². The molecule has 0 aliphatic carbocycles. The van der Waals surface area contributed by atoms with E-state index in [4.69, 9.17) is 0 Å². The van der Waals surface area contributed by atoms with Gasteiger partial charge in [0.15, 0.2) is 5.96 Å². The minimum Gasteiger partial charge on any atom is -0.352 e. The lowest BCUT2D eigenvalue weighted by Crippen LogP contribution is -2.44. The van der Waals surface area contributed by atoms with Gasteiger partial charge in [-0.05, 0) is 25.8 Å². The third-order valence-electron chi connectivity index (χ3n) is 4.71. The molecule has 0 saturated carbocycles. The molecule has 0 spiro atoms. The average Bonchev–Trinajstić information content (AvgIpc) is 3.27. The molecule has 1 aliphatic rings. The Hall–Kier alpha value is -1.92. The molecule has 6 heteroatoms. The second-order valence-corrected chi connectivity index (χ2v) is 7.80. The summed E-state index contributed by atoms with van der Waals surface area (Å²) in [6, 6.07) is 11.6. The third-order valence-corrected chi connectivity index (χ3v) is 5.63. The van der Waals surface area contributed by atoms with Crippen molar-refractivity contribution in [3.05, 3.63) is 52.0 Å². The number of nitrogens with zero attached hydrogens (tertiary/aromatic N) is 3. The summed E-state index contributed by atoms with van der Waals surface area (Å²) in [4.78, 5) is 12.4. The van der Waals surface area contributed by atoms with Crippen LogP contribution in [0.1, 0.15) is 34.8 Å². The van der Waals surface area contributed by atoms with Gasteiger partial charge in [-0.15, -0.1) is 11.3 Å². The maximum absolute atomic E-state index is 4.36. The normalized spacial score (nSPS) is 19.8. The lowest BCUT2D eigenvalue weighted by molar-refractivity contribution is 0.258. The summed E-state index contributed by atoms with van der Waals surface area (Å²) in [7, 11) is 1.83. The molecule has 1 aromatic heterocycles. The number of guanidine groups is 1. The van der Waals surface area contributed by atoms with E-state index in [0.29, 0.717) is 12.1 Å². The maximum atomic E-state index is 4.36. The third kappa shape index (κ3) is 4.80. The first-order chi connectivity index (χ1) is 12.2. The number of benzene rings is 1. The van der Waals surface area contributed by atoms with Gasteiger partial charge in [-0.1, -0.05) is 30.3 Å². The van der Waals surface area contributed by atoms with Crippen LogP contribution < -0.4 is 10.6 Å². The van der Waals surface area contributed by atoms with Gasteiger partial charge in [0.2, 0.25) is 0 Å². The van der Waals surface area contributed by atoms with Gasteiger partial charge in [0, 0.05) is 43.3 Å². The lowest BCUT2D eigenvalue weighted by atomic mass is 10.1. The Morgan fingerprint density at radius 1 is 1.40 bits per heavy atom. The zero-order valence-electron chi connectivity index (χ0n) is 15.2. The summed E-state index contributed by atoms with van der Waals surface area (Å²) < 4.78 is 0. The summed E-state index contributed by atoms with van der Waals surface area (Å²) >= 11 is 1.72. The fourth-order valence-corrected chi connectivity index (χ4v) is 3.98. The number of aliphatic imine (C=N–C) groups is 1. The second-order valence-electron chi connectivity index (χ2n) is 6.48. The Bertz CT molecular complexity index is 697. The molecule has 1 aromatic carbocycles. The Morgan fingerprint density at radius 2 is 2.20 bits per heavy atom. The van der Waals surface area contributed by atoms with Crippen molar-refractivity contribution in [2.45, 2.75) is 38.9 Å². The van der Waals surface area contributed by atoms with Crippen molar-refractivity contribution in [2.24, 2.45) is 4.99 Å². The summed E-state index contributed by atoms with van der Waals surface area (Å²) in [5.74, 6) is 0.866. The van der Waals surface area contributed by atoms with Crippen molar-refractivity contribution in [2.75, 3.05) is 20.1 Å². The van der Waals surface area contributed by atoms with E-state index >= 15 is 0 Å². The standard InChI is InChI=1S/C19H27N5S/c1-14(16-7-5-4-6-8-16)24-10-9-17(13-24)23-19(20-3)22-12-18-11-21-15(2)25-18/h4-8,11,14,17H,9-10,12-13H2,1-3H3,(H2,20,22,23). The Labute approximate surface area is 154 Å². The number of hydrogen-bond donors (Lipinski definition) is 2. The number of likely N-dealkylation sites (tertiary alicyclic amines) is 1. The van der Waals surface area contributed by atoms with E-state index in [2.05, 4.69) is 62.8 Å². The minimum atomic E-state index is 0.431. The van der Waals surface area contributed by atoms with Gasteiger partial charge < -0.3 is 10.6 Å². The highest BCUT2D eigenvalue weighted by Gasteiger charge is 2.27. The molecule has 3 rings (SSSR count). The smallest absolute Gasteiger partial charge is 0.191 e. The van der Waals surface area contributed by atoms with Crippen molar-refractivity contribution in [1.29, 1.82) is 0 Å². The molecular weight excluding hydrogens is 330 g/mol. The van der Waals surface area contributed by atoms with Crippen LogP contribution in [0.25, 0.3) is 0 Å². The molecule has 1 fully saturated rings. The molecule has 25 heavy (non-hydrogen) atoms. The largest absolute Gasteiger partial charge is 0.352 e. The number of aryl methyl sites for hydroxylation is 1. The van der Waals surface area contributed by atoms with Crippen molar-refractivity contribution < 1.29 is 0 Å². The quantitative estimate of drug-likeness (QED) is 0.638. The summed E-state index contributed by atoms with van der Waals surface area (Å²) in [6.07, 6.45) is 3.07. The predicted molar refractivity (Wildman–Crippen MR) is 105 cm³/mol. The zero-order valence-corrected chi connectivity index (χ0v) is 16.0. The highest BCUT2D eigenvalue weighted by Crippen LogP contribution is 2.24. The highest BCUT2D eigenvalue weighted by molar-refractivity contribution is 7.11. The van der Waals surface area contributed by atoms with Gasteiger partial charge in [0.05, 0.1) is 11.6 Å². The SMILES string of the molecule is CN=C(NCc1cnc(C)s1)NC1CCN(C(C)c2ccccc2)C1. The number of hydrogen-bond acceptors (Lipinski definition) is 4. The molecule has 2 atom stereocenters. The van der Waals surface area contributed by atoms with Crippen LogP contribution in [0, 0.1) is 6.92 Å². The molecule has 5 nitrogen and oxygen atoms in total. The van der Waals surface area contributed by atoms with Crippen LogP contribution >= 0.6 is 11.3 Å². The number of rotatable bonds is 5. The van der Waals surface area contributed by atoms with Crippen molar-refractivity contribution in [3.8, 4) is 0 Å². The molecule has 0 amide bonds. The van der Waals surface area contributed by atoms with Crippen LogP contribution in [0.5, 0.6) is 0 Å². The molecule has 2 aromatic rings. The predicted octanol–water partition coefficient (Wildman–Crippen LogP) is 2.95. The van der Waals surface area contributed by atoms with E-state index in [-0.39, 0.29) is 0 Å². The molecule has 2 N–H and O–H groups in total. The fourth-order valence-electron chi connectivity index (χ4n) is 3.25. The van der Waals surface area contributed by atoms with Gasteiger partial charge >= 0.3 is 0 Å². The van der Waals surface area contributed by atoms with E-state index in [1.54, 1.807) is 11.3 Å². The van der Waals surface area contributed by atoms with Gasteiger partial charge in [-0.25, -0.2) is 4.98 Å². The monoisotopic (exact) mass is 357 g/mol. The number of aromatic nitrogens is 1. The molecule has 0 bridgehead atoms. The Kier molecular flexibility index (Phi) is 6.04. The lowest BCUT2D eigenvalue weighted by Gasteiger charge is -2.25. The van der Waals surface area contributed by atoms with Crippen LogP contribution in [-0.4, -0.2) is 42.0 Å². The van der Waals surface area contributed by atoms with E-state index in [9.17, 15) is 0 Å². The van der Waals surface area contributed by atoms with Crippen LogP contribution in [0.2, 0.25) is 0 Å². The summed E-state index contributed by atoms with van der Waals surface area (Å²) in [5.41, 5.74) is 1.38. The Morgan fingerprint density at radius 3 is 2.88 bits per heavy atom. The van der Waals surface area contributed by atoms with Crippen LogP contribution in [0.3, 0.4) is 0 Å². The van der Waals surface area contributed by atoms with E-state index in [0.717, 1.165) is 37.0 Å². The average molecular weight is 358 g/mol. The van der Waals surface area contributed by atoms with Gasteiger partial charge in [-0.3, -0.25) is 9.89 Å². The van der Waals surface area contributed by atoms with Gasteiger partial charge in [0.25, 0.3) is 0 Å². The summed E-state index contributed by atoms with van der Waals surface area (Å²) in [5, 5.41) is 8.05. The zero-order chi connectivity index (χ0) is 17.6. The molecule has 1 saturated heterocycles. The minimum absolute atomic E-state index is 0.431. The van der Waals surface area contributed by atoms with Gasteiger partial charge in [-0.2, -0.15) is 0 Å². The first kappa shape index (κ1) is 17.9. The van der Waals surface area contributed by atoms with Crippen molar-refractivity contribution >= 4 is 17.3 Å². The highest BCUT2D eigenvalue weighted by atomic mass is 32.1. The van der Waals surface area contributed by atoms with E-state index in [1.807, 2.05) is 20.2 Å². The first-order valence-corrected chi connectivity index (χ1v) is 9.65. The first-order valence-electron chi connectivity index (χ1n) is 8.83. The molecular formula is C19H27N5S. The fraction of sp³-hybridized carbons (Fsp3) is 0.474. The molecule has 1 aliphatic heterocycles. The van der Waals surface area contributed by atoms with E-state index < -0.39 is 0 Å². The van der Waals surface area contributed by atoms with Gasteiger partial charge in [0.1, 0.15) is 0 Å². The Balaban J connectivity index is 1.49.